The fraction of sp³-hybridized carbons (Fsp3) is 0.353. The van der Waals surface area contributed by atoms with Crippen LogP contribution in [0.3, 0.4) is 0 Å². The van der Waals surface area contributed by atoms with Crippen molar-refractivity contribution in [2.24, 2.45) is 5.73 Å². The molecule has 112 valence electrons. The lowest BCUT2D eigenvalue weighted by Gasteiger charge is -2.10. The second-order valence-corrected chi connectivity index (χ2v) is 4.86. The highest BCUT2D eigenvalue weighted by Gasteiger charge is 2.05. The summed E-state index contributed by atoms with van der Waals surface area (Å²) >= 11 is 0. The van der Waals surface area contributed by atoms with E-state index in [0.29, 0.717) is 5.75 Å². The summed E-state index contributed by atoms with van der Waals surface area (Å²) in [5.41, 5.74) is 6.82. The highest BCUT2D eigenvalue weighted by atomic mass is 16.5. The summed E-state index contributed by atoms with van der Waals surface area (Å²) in [6.45, 7) is 4.85. The van der Waals surface area contributed by atoms with E-state index in [-0.39, 0.29) is 6.04 Å². The first-order valence-electron chi connectivity index (χ1n) is 7.35. The molecule has 1 aromatic carbocycles. The molecular weight excluding hydrogens is 264 g/mol. The highest BCUT2D eigenvalue weighted by Crippen LogP contribution is 2.24. The highest BCUT2D eigenvalue weighted by molar-refractivity contribution is 5.35. The van der Waals surface area contributed by atoms with E-state index in [0.717, 1.165) is 36.6 Å². The molecule has 4 nitrogen and oxygen atoms in total. The van der Waals surface area contributed by atoms with Gasteiger partial charge < -0.3 is 15.2 Å². The third kappa shape index (κ3) is 4.46. The Bertz CT molecular complexity index is 538. The second kappa shape index (κ2) is 7.64. The molecule has 0 aliphatic heterocycles. The van der Waals surface area contributed by atoms with E-state index >= 15 is 0 Å². The van der Waals surface area contributed by atoms with Gasteiger partial charge >= 0.3 is 0 Å². The minimum atomic E-state index is -0.0194. The number of ether oxygens (including phenoxy) is 2. The van der Waals surface area contributed by atoms with Gasteiger partial charge in [-0.1, -0.05) is 13.8 Å². The van der Waals surface area contributed by atoms with Crippen LogP contribution in [0.4, 0.5) is 0 Å². The average Bonchev–Trinajstić information content (AvgIpc) is 2.54. The zero-order valence-corrected chi connectivity index (χ0v) is 12.6. The molecule has 0 aliphatic rings. The van der Waals surface area contributed by atoms with Crippen molar-refractivity contribution in [1.82, 2.24) is 4.98 Å². The molecule has 0 saturated heterocycles. The lowest BCUT2D eigenvalue weighted by Crippen LogP contribution is -2.10. The standard InChI is InChI=1S/C17H22N2O2/c1-3-11-20-13-5-7-14(8-6-13)21-15-9-10-17(19-12-15)16(18)4-2/h5-10,12,16H,3-4,11,18H2,1-2H3/t16-/m1/s1. The summed E-state index contributed by atoms with van der Waals surface area (Å²) in [6.07, 6.45) is 3.56. The zero-order chi connectivity index (χ0) is 15.1. The number of hydrogen-bond acceptors (Lipinski definition) is 4. The molecule has 1 aromatic heterocycles. The van der Waals surface area contributed by atoms with Gasteiger partial charge in [-0.15, -0.1) is 0 Å². The summed E-state index contributed by atoms with van der Waals surface area (Å²) in [7, 11) is 0. The molecule has 1 atom stereocenters. The molecule has 0 bridgehead atoms. The van der Waals surface area contributed by atoms with Crippen LogP contribution in [0, 0.1) is 0 Å². The lowest BCUT2D eigenvalue weighted by atomic mass is 10.1. The van der Waals surface area contributed by atoms with Gasteiger partial charge in [-0.3, -0.25) is 4.98 Å². The van der Waals surface area contributed by atoms with Gasteiger partial charge in [-0.05, 0) is 49.2 Å². The monoisotopic (exact) mass is 286 g/mol. The number of pyridine rings is 1. The van der Waals surface area contributed by atoms with Gasteiger partial charge in [0.1, 0.15) is 17.2 Å². The number of benzene rings is 1. The third-order valence-corrected chi connectivity index (χ3v) is 3.11. The molecule has 2 rings (SSSR count). The van der Waals surface area contributed by atoms with E-state index in [2.05, 4.69) is 11.9 Å². The van der Waals surface area contributed by atoms with E-state index in [4.69, 9.17) is 15.2 Å². The van der Waals surface area contributed by atoms with Gasteiger partial charge in [0.15, 0.2) is 0 Å². The molecule has 4 heteroatoms. The van der Waals surface area contributed by atoms with E-state index in [9.17, 15) is 0 Å². The molecule has 0 spiro atoms. The van der Waals surface area contributed by atoms with Gasteiger partial charge in [-0.25, -0.2) is 0 Å². The molecule has 0 fully saturated rings. The minimum absolute atomic E-state index is 0.0194. The van der Waals surface area contributed by atoms with Crippen LogP contribution in [0.25, 0.3) is 0 Å². The van der Waals surface area contributed by atoms with Gasteiger partial charge in [0.25, 0.3) is 0 Å². The van der Waals surface area contributed by atoms with E-state index in [1.165, 1.54) is 0 Å². The lowest BCUT2D eigenvalue weighted by molar-refractivity contribution is 0.317. The molecule has 2 aromatic rings. The van der Waals surface area contributed by atoms with Crippen LogP contribution in [0.15, 0.2) is 42.6 Å². The number of rotatable bonds is 7. The fourth-order valence-electron chi connectivity index (χ4n) is 1.84. The van der Waals surface area contributed by atoms with Gasteiger partial charge in [0, 0.05) is 6.04 Å². The Morgan fingerprint density at radius 3 is 2.24 bits per heavy atom. The minimum Gasteiger partial charge on any atom is -0.494 e. The Labute approximate surface area is 125 Å². The summed E-state index contributed by atoms with van der Waals surface area (Å²) in [5.74, 6) is 2.31. The smallest absolute Gasteiger partial charge is 0.145 e. The van der Waals surface area contributed by atoms with Crippen LogP contribution < -0.4 is 15.2 Å². The summed E-state index contributed by atoms with van der Waals surface area (Å²) < 4.78 is 11.3. The Balaban J connectivity index is 1.97. The van der Waals surface area contributed by atoms with Crippen molar-refractivity contribution in [3.63, 3.8) is 0 Å². The number of hydrogen-bond donors (Lipinski definition) is 1. The Morgan fingerprint density at radius 1 is 1.00 bits per heavy atom. The van der Waals surface area contributed by atoms with Crippen molar-refractivity contribution in [2.45, 2.75) is 32.7 Å². The normalized spacial score (nSPS) is 12.0. The maximum Gasteiger partial charge on any atom is 0.145 e. The van der Waals surface area contributed by atoms with Crippen molar-refractivity contribution in [1.29, 1.82) is 0 Å². The van der Waals surface area contributed by atoms with Crippen molar-refractivity contribution >= 4 is 0 Å². The quantitative estimate of drug-likeness (QED) is 0.833. The molecule has 0 amide bonds. The predicted octanol–water partition coefficient (Wildman–Crippen LogP) is 4.07. The van der Waals surface area contributed by atoms with Crippen molar-refractivity contribution in [3.05, 3.63) is 48.3 Å². The SMILES string of the molecule is CCCOc1ccc(Oc2ccc([C@H](N)CC)nc2)cc1. The summed E-state index contributed by atoms with van der Waals surface area (Å²) in [4.78, 5) is 4.33. The molecular formula is C17H22N2O2. The van der Waals surface area contributed by atoms with Gasteiger partial charge in [0.2, 0.25) is 0 Å². The Hall–Kier alpha value is -2.07. The summed E-state index contributed by atoms with van der Waals surface area (Å²) in [5, 5.41) is 0. The van der Waals surface area contributed by atoms with Crippen LogP contribution in [-0.4, -0.2) is 11.6 Å². The molecule has 0 unspecified atom stereocenters. The predicted molar refractivity (Wildman–Crippen MR) is 83.8 cm³/mol. The summed E-state index contributed by atoms with van der Waals surface area (Å²) in [6, 6.07) is 11.4. The van der Waals surface area contributed by atoms with Crippen molar-refractivity contribution in [2.75, 3.05) is 6.61 Å². The van der Waals surface area contributed by atoms with Crippen LogP contribution in [0.5, 0.6) is 17.2 Å². The molecule has 0 saturated carbocycles. The van der Waals surface area contributed by atoms with Gasteiger partial charge in [0.05, 0.1) is 18.5 Å². The first-order valence-corrected chi connectivity index (χ1v) is 7.35. The maximum atomic E-state index is 5.94. The number of nitrogens with two attached hydrogens (primary N) is 1. The molecule has 21 heavy (non-hydrogen) atoms. The third-order valence-electron chi connectivity index (χ3n) is 3.11. The first-order chi connectivity index (χ1) is 10.2. The largest absolute Gasteiger partial charge is 0.494 e. The van der Waals surface area contributed by atoms with E-state index < -0.39 is 0 Å². The molecule has 1 heterocycles. The first kappa shape index (κ1) is 15.3. The Kier molecular flexibility index (Phi) is 5.58. The van der Waals surface area contributed by atoms with E-state index in [1.807, 2.05) is 43.3 Å². The van der Waals surface area contributed by atoms with Crippen LogP contribution in [0.1, 0.15) is 38.4 Å². The zero-order valence-electron chi connectivity index (χ0n) is 12.6. The Morgan fingerprint density at radius 2 is 1.67 bits per heavy atom. The molecule has 0 radical (unpaired) electrons. The number of nitrogens with zero attached hydrogens (tertiary/aromatic N) is 1. The van der Waals surface area contributed by atoms with Gasteiger partial charge in [-0.2, -0.15) is 0 Å². The van der Waals surface area contributed by atoms with Crippen LogP contribution >= 0.6 is 0 Å². The van der Waals surface area contributed by atoms with Crippen molar-refractivity contribution in [3.8, 4) is 17.2 Å². The van der Waals surface area contributed by atoms with Crippen LogP contribution in [-0.2, 0) is 0 Å². The van der Waals surface area contributed by atoms with Crippen molar-refractivity contribution < 1.29 is 9.47 Å². The average molecular weight is 286 g/mol. The molecule has 2 N–H and O–H groups in total. The number of aromatic nitrogens is 1. The van der Waals surface area contributed by atoms with E-state index in [1.54, 1.807) is 6.20 Å². The van der Waals surface area contributed by atoms with Crippen LogP contribution in [0.2, 0.25) is 0 Å². The maximum absolute atomic E-state index is 5.94. The fourth-order valence-corrected chi connectivity index (χ4v) is 1.84. The molecule has 0 aliphatic carbocycles. The second-order valence-electron chi connectivity index (χ2n) is 4.86. The topological polar surface area (TPSA) is 57.4 Å².